The van der Waals surface area contributed by atoms with E-state index in [1.54, 1.807) is 6.20 Å². The summed E-state index contributed by atoms with van der Waals surface area (Å²) < 4.78 is 0. The molecule has 0 aliphatic heterocycles. The summed E-state index contributed by atoms with van der Waals surface area (Å²) in [6.45, 7) is 0.215. The van der Waals surface area contributed by atoms with Gasteiger partial charge in [-0.2, -0.15) is 0 Å². The van der Waals surface area contributed by atoms with E-state index in [2.05, 4.69) is 15.3 Å². The number of halogens is 2. The van der Waals surface area contributed by atoms with Crippen molar-refractivity contribution in [3.05, 3.63) is 56.1 Å². The zero-order chi connectivity index (χ0) is 14.7. The Balaban J connectivity index is 2.19. The number of nitrogens with zero attached hydrogens (tertiary/aromatic N) is 2. The number of aromatic amines is 1. The lowest BCUT2D eigenvalue weighted by Crippen LogP contribution is -2.23. The van der Waals surface area contributed by atoms with Gasteiger partial charge < -0.3 is 10.3 Å². The number of nitro groups is 1. The van der Waals surface area contributed by atoms with Crippen molar-refractivity contribution in [2.24, 2.45) is 0 Å². The Hall–Kier alpha value is -2.12. The zero-order valence-electron chi connectivity index (χ0n) is 9.89. The Morgan fingerprint density at radius 1 is 1.45 bits per heavy atom. The summed E-state index contributed by atoms with van der Waals surface area (Å²) in [5, 5.41) is 13.1. The largest absolute Gasteiger partial charge is 0.347 e. The first-order valence-corrected chi connectivity index (χ1v) is 6.13. The van der Waals surface area contributed by atoms with Gasteiger partial charge in [0, 0.05) is 17.8 Å². The van der Waals surface area contributed by atoms with Crippen LogP contribution in [0.5, 0.6) is 0 Å². The Kier molecular flexibility index (Phi) is 4.21. The molecule has 0 fully saturated rings. The maximum atomic E-state index is 11.9. The minimum absolute atomic E-state index is 0.0486. The van der Waals surface area contributed by atoms with E-state index < -0.39 is 16.5 Å². The van der Waals surface area contributed by atoms with E-state index in [0.717, 1.165) is 6.07 Å². The van der Waals surface area contributed by atoms with Crippen LogP contribution in [0.1, 0.15) is 16.1 Å². The van der Waals surface area contributed by atoms with E-state index >= 15 is 0 Å². The normalized spacial score (nSPS) is 10.3. The summed E-state index contributed by atoms with van der Waals surface area (Å²) in [5.41, 5.74) is 0.351. The maximum Gasteiger partial charge on any atom is 0.290 e. The Morgan fingerprint density at radius 3 is 2.80 bits per heavy atom. The highest BCUT2D eigenvalue weighted by Gasteiger charge is 2.20. The van der Waals surface area contributed by atoms with Crippen molar-refractivity contribution >= 4 is 34.8 Å². The highest BCUT2D eigenvalue weighted by molar-refractivity contribution is 6.43. The van der Waals surface area contributed by atoms with E-state index in [4.69, 9.17) is 23.2 Å². The molecule has 1 aromatic heterocycles. The number of carbonyl (C=O) groups is 1. The number of rotatable bonds is 4. The zero-order valence-corrected chi connectivity index (χ0v) is 11.4. The number of carbonyl (C=O) groups excluding carboxylic acids is 1. The van der Waals surface area contributed by atoms with E-state index in [9.17, 15) is 14.9 Å². The molecule has 104 valence electrons. The monoisotopic (exact) mass is 314 g/mol. The van der Waals surface area contributed by atoms with Gasteiger partial charge in [0.15, 0.2) is 0 Å². The van der Waals surface area contributed by atoms with E-state index in [0.29, 0.717) is 5.69 Å². The van der Waals surface area contributed by atoms with Crippen molar-refractivity contribution in [1.82, 2.24) is 15.3 Å². The predicted molar refractivity (Wildman–Crippen MR) is 72.9 cm³/mol. The fraction of sp³-hybridized carbons (Fsp3) is 0.0909. The van der Waals surface area contributed by atoms with Gasteiger partial charge in [-0.3, -0.25) is 14.9 Å². The van der Waals surface area contributed by atoms with Gasteiger partial charge in [0.25, 0.3) is 11.6 Å². The third kappa shape index (κ3) is 3.06. The molecule has 7 nitrogen and oxygen atoms in total. The van der Waals surface area contributed by atoms with E-state index in [1.807, 2.05) is 0 Å². The van der Waals surface area contributed by atoms with Crippen molar-refractivity contribution in [2.45, 2.75) is 6.54 Å². The van der Waals surface area contributed by atoms with Crippen LogP contribution < -0.4 is 5.32 Å². The molecular formula is C11H8Cl2N4O3. The molecule has 0 radical (unpaired) electrons. The molecule has 0 aliphatic rings. The minimum Gasteiger partial charge on any atom is -0.347 e. The lowest BCUT2D eigenvalue weighted by Gasteiger charge is -2.05. The van der Waals surface area contributed by atoms with Crippen molar-refractivity contribution in [3.63, 3.8) is 0 Å². The second kappa shape index (κ2) is 5.89. The second-order valence-electron chi connectivity index (χ2n) is 3.81. The van der Waals surface area contributed by atoms with Gasteiger partial charge in [0.2, 0.25) is 0 Å². The molecule has 20 heavy (non-hydrogen) atoms. The minimum atomic E-state index is -0.695. The lowest BCUT2D eigenvalue weighted by molar-refractivity contribution is -0.384. The van der Waals surface area contributed by atoms with Crippen LogP contribution >= 0.6 is 23.2 Å². The van der Waals surface area contributed by atoms with Crippen LogP contribution in [0.4, 0.5) is 5.69 Å². The van der Waals surface area contributed by atoms with E-state index in [-0.39, 0.29) is 22.2 Å². The molecule has 9 heteroatoms. The molecule has 2 N–H and O–H groups in total. The average molecular weight is 315 g/mol. The van der Waals surface area contributed by atoms with Gasteiger partial charge in [-0.25, -0.2) is 4.98 Å². The number of hydrogen-bond acceptors (Lipinski definition) is 4. The molecule has 1 heterocycles. The van der Waals surface area contributed by atoms with Gasteiger partial charge >= 0.3 is 0 Å². The molecule has 2 rings (SSSR count). The molecule has 0 bridgehead atoms. The van der Waals surface area contributed by atoms with Crippen LogP contribution in [0.15, 0.2) is 24.7 Å². The molecular weight excluding hydrogens is 307 g/mol. The summed E-state index contributed by atoms with van der Waals surface area (Å²) in [7, 11) is 0. The number of imidazole rings is 1. The van der Waals surface area contributed by atoms with Crippen LogP contribution in [0.2, 0.25) is 10.0 Å². The third-order valence-electron chi connectivity index (χ3n) is 2.46. The number of amides is 1. The summed E-state index contributed by atoms with van der Waals surface area (Å²) in [6, 6.07) is 2.36. The Morgan fingerprint density at radius 2 is 2.20 bits per heavy atom. The van der Waals surface area contributed by atoms with Crippen LogP contribution in [0.3, 0.4) is 0 Å². The van der Waals surface area contributed by atoms with Gasteiger partial charge in [-0.1, -0.05) is 23.2 Å². The molecule has 0 saturated carbocycles. The molecule has 0 unspecified atom stereocenters. The van der Waals surface area contributed by atoms with Crippen LogP contribution in [-0.2, 0) is 6.54 Å². The number of aromatic nitrogens is 2. The number of H-pyrrole nitrogens is 1. The number of hydrogen-bond donors (Lipinski definition) is 2. The Bertz CT molecular complexity index is 658. The molecule has 0 aliphatic carbocycles. The number of nitro benzene ring substituents is 1. The number of benzene rings is 1. The fourth-order valence-electron chi connectivity index (χ4n) is 1.50. The number of nitrogens with one attached hydrogen (secondary N) is 2. The van der Waals surface area contributed by atoms with Crippen molar-refractivity contribution < 1.29 is 9.72 Å². The SMILES string of the molecule is O=C(NCc1cnc[nH]1)c1cc(Cl)c(Cl)c([N+](=O)[O-])c1. The second-order valence-corrected chi connectivity index (χ2v) is 4.59. The average Bonchev–Trinajstić information content (AvgIpc) is 2.91. The van der Waals surface area contributed by atoms with Crippen molar-refractivity contribution in [1.29, 1.82) is 0 Å². The van der Waals surface area contributed by atoms with Crippen molar-refractivity contribution in [3.8, 4) is 0 Å². The van der Waals surface area contributed by atoms with Crippen molar-refractivity contribution in [2.75, 3.05) is 0 Å². The van der Waals surface area contributed by atoms with Gasteiger partial charge in [0.05, 0.1) is 28.5 Å². The Labute approximate surface area is 123 Å². The molecule has 1 aromatic carbocycles. The fourth-order valence-corrected chi connectivity index (χ4v) is 1.89. The highest BCUT2D eigenvalue weighted by atomic mass is 35.5. The smallest absolute Gasteiger partial charge is 0.290 e. The van der Waals surface area contributed by atoms with E-state index in [1.165, 1.54) is 12.4 Å². The third-order valence-corrected chi connectivity index (χ3v) is 3.25. The molecule has 0 saturated heterocycles. The first-order chi connectivity index (χ1) is 9.49. The molecule has 0 spiro atoms. The van der Waals surface area contributed by atoms with Crippen LogP contribution in [0, 0.1) is 10.1 Å². The van der Waals surface area contributed by atoms with Crippen LogP contribution in [0.25, 0.3) is 0 Å². The summed E-state index contributed by atoms with van der Waals surface area (Å²) in [4.78, 5) is 28.6. The van der Waals surface area contributed by atoms with Gasteiger partial charge in [0.1, 0.15) is 5.02 Å². The molecule has 0 atom stereocenters. The maximum absolute atomic E-state index is 11.9. The molecule has 1 amide bonds. The first-order valence-electron chi connectivity index (χ1n) is 5.38. The standard InChI is InChI=1S/C11H8Cl2N4O3/c12-8-1-6(2-9(10(8)13)17(19)20)11(18)15-4-7-3-14-5-16-7/h1-3,5H,4H2,(H,14,16)(H,15,18). The van der Waals surface area contributed by atoms with Gasteiger partial charge in [-0.15, -0.1) is 0 Å². The summed E-state index contributed by atoms with van der Waals surface area (Å²) in [6.07, 6.45) is 3.03. The van der Waals surface area contributed by atoms with Crippen LogP contribution in [-0.4, -0.2) is 20.8 Å². The first kappa shape index (κ1) is 14.3. The lowest BCUT2D eigenvalue weighted by atomic mass is 10.2. The quantitative estimate of drug-likeness (QED) is 0.668. The summed E-state index contributed by atoms with van der Waals surface area (Å²) >= 11 is 11.5. The molecule has 2 aromatic rings. The predicted octanol–water partition coefficient (Wildman–Crippen LogP) is 2.55. The highest BCUT2D eigenvalue weighted by Crippen LogP contribution is 2.32. The summed E-state index contributed by atoms with van der Waals surface area (Å²) in [5.74, 6) is -0.499. The topological polar surface area (TPSA) is 101 Å². The van der Waals surface area contributed by atoms with Gasteiger partial charge in [-0.05, 0) is 6.07 Å².